The van der Waals surface area contributed by atoms with E-state index < -0.39 is 5.97 Å². The first-order chi connectivity index (χ1) is 13.7. The summed E-state index contributed by atoms with van der Waals surface area (Å²) in [5.74, 6) is -0.783. The topological polar surface area (TPSA) is 73.2 Å². The number of fused-ring (bicyclic) bond motifs is 1. The van der Waals surface area contributed by atoms with E-state index >= 15 is 0 Å². The molecule has 3 aromatic rings. The first-order valence-corrected chi connectivity index (χ1v) is 9.65. The highest BCUT2D eigenvalue weighted by Crippen LogP contribution is 2.18. The Morgan fingerprint density at radius 1 is 1.04 bits per heavy atom. The SMILES string of the molecule is CCCCCCNC(=O)COC(=O)c1ccc(-n2cnc3ccccc32)cc1. The molecule has 6 heteroatoms. The van der Waals surface area contributed by atoms with E-state index in [-0.39, 0.29) is 12.5 Å². The lowest BCUT2D eigenvalue weighted by Gasteiger charge is -2.08. The van der Waals surface area contributed by atoms with Gasteiger partial charge in [-0.3, -0.25) is 9.36 Å². The number of para-hydroxylation sites is 2. The predicted molar refractivity (Wildman–Crippen MR) is 109 cm³/mol. The van der Waals surface area contributed by atoms with Gasteiger partial charge in [-0.25, -0.2) is 9.78 Å². The normalized spacial score (nSPS) is 10.8. The quantitative estimate of drug-likeness (QED) is 0.452. The molecule has 0 fully saturated rings. The molecule has 1 amide bonds. The van der Waals surface area contributed by atoms with Crippen LogP contribution in [-0.2, 0) is 9.53 Å². The fourth-order valence-electron chi connectivity index (χ4n) is 2.97. The number of amides is 1. The zero-order valence-corrected chi connectivity index (χ0v) is 16.1. The molecule has 0 unspecified atom stereocenters. The van der Waals surface area contributed by atoms with Crippen LogP contribution in [0.15, 0.2) is 54.9 Å². The van der Waals surface area contributed by atoms with Gasteiger partial charge in [0.2, 0.25) is 0 Å². The molecule has 146 valence electrons. The Labute approximate surface area is 164 Å². The molecule has 0 aliphatic carbocycles. The van der Waals surface area contributed by atoms with Crippen LogP contribution >= 0.6 is 0 Å². The fourth-order valence-corrected chi connectivity index (χ4v) is 2.97. The maximum absolute atomic E-state index is 12.2. The van der Waals surface area contributed by atoms with Crippen molar-refractivity contribution in [3.05, 3.63) is 60.4 Å². The summed E-state index contributed by atoms with van der Waals surface area (Å²) in [5, 5.41) is 2.77. The lowest BCUT2D eigenvalue weighted by atomic mass is 10.2. The fraction of sp³-hybridized carbons (Fsp3) is 0.318. The maximum Gasteiger partial charge on any atom is 0.338 e. The zero-order chi connectivity index (χ0) is 19.8. The van der Waals surface area contributed by atoms with Gasteiger partial charge in [-0.2, -0.15) is 0 Å². The average Bonchev–Trinajstić information content (AvgIpc) is 3.16. The van der Waals surface area contributed by atoms with E-state index in [2.05, 4.69) is 17.2 Å². The van der Waals surface area contributed by atoms with E-state index in [4.69, 9.17) is 4.74 Å². The summed E-state index contributed by atoms with van der Waals surface area (Å²) in [6.07, 6.45) is 6.10. The molecule has 0 bridgehead atoms. The Morgan fingerprint density at radius 2 is 1.82 bits per heavy atom. The van der Waals surface area contributed by atoms with Crippen molar-refractivity contribution in [2.24, 2.45) is 0 Å². The smallest absolute Gasteiger partial charge is 0.338 e. The molecule has 0 saturated heterocycles. The van der Waals surface area contributed by atoms with Crippen molar-refractivity contribution >= 4 is 22.9 Å². The molecule has 28 heavy (non-hydrogen) atoms. The summed E-state index contributed by atoms with van der Waals surface area (Å²) in [4.78, 5) is 28.3. The number of hydrogen-bond donors (Lipinski definition) is 1. The highest BCUT2D eigenvalue weighted by Gasteiger charge is 2.11. The van der Waals surface area contributed by atoms with Gasteiger partial charge < -0.3 is 10.1 Å². The summed E-state index contributed by atoms with van der Waals surface area (Å²) in [6.45, 7) is 2.49. The van der Waals surface area contributed by atoms with Crippen molar-refractivity contribution in [1.29, 1.82) is 0 Å². The Hall–Kier alpha value is -3.15. The minimum atomic E-state index is -0.511. The monoisotopic (exact) mass is 379 g/mol. The minimum Gasteiger partial charge on any atom is -0.452 e. The Balaban J connectivity index is 1.52. The average molecular weight is 379 g/mol. The van der Waals surface area contributed by atoms with Crippen LogP contribution in [0.2, 0.25) is 0 Å². The largest absolute Gasteiger partial charge is 0.452 e. The van der Waals surface area contributed by atoms with Crippen LogP contribution in [-0.4, -0.2) is 34.6 Å². The van der Waals surface area contributed by atoms with Crippen LogP contribution in [0.5, 0.6) is 0 Å². The lowest BCUT2D eigenvalue weighted by Crippen LogP contribution is -2.29. The van der Waals surface area contributed by atoms with Crippen molar-refractivity contribution in [1.82, 2.24) is 14.9 Å². The summed E-state index contributed by atoms with van der Waals surface area (Å²) >= 11 is 0. The minimum absolute atomic E-state index is 0.263. The van der Waals surface area contributed by atoms with Gasteiger partial charge in [-0.1, -0.05) is 38.3 Å². The van der Waals surface area contributed by atoms with Gasteiger partial charge in [0.1, 0.15) is 6.33 Å². The molecule has 1 heterocycles. The van der Waals surface area contributed by atoms with Crippen molar-refractivity contribution in [2.45, 2.75) is 32.6 Å². The number of ether oxygens (including phenoxy) is 1. The molecule has 1 aromatic heterocycles. The third-order valence-corrected chi connectivity index (χ3v) is 4.52. The maximum atomic E-state index is 12.2. The number of hydrogen-bond acceptors (Lipinski definition) is 4. The van der Waals surface area contributed by atoms with Crippen molar-refractivity contribution in [2.75, 3.05) is 13.2 Å². The van der Waals surface area contributed by atoms with E-state index in [1.807, 2.05) is 41.0 Å². The van der Waals surface area contributed by atoms with Crippen LogP contribution in [0.25, 0.3) is 16.7 Å². The summed E-state index contributed by atoms with van der Waals surface area (Å²) in [5.41, 5.74) is 3.21. The van der Waals surface area contributed by atoms with E-state index in [9.17, 15) is 9.59 Å². The number of benzene rings is 2. The first kappa shape index (κ1) is 19.6. The number of aromatic nitrogens is 2. The van der Waals surface area contributed by atoms with E-state index in [1.165, 1.54) is 0 Å². The van der Waals surface area contributed by atoms with Crippen LogP contribution in [0.1, 0.15) is 43.0 Å². The predicted octanol–water partition coefficient (Wildman–Crippen LogP) is 3.88. The van der Waals surface area contributed by atoms with Crippen LogP contribution in [0.3, 0.4) is 0 Å². The molecule has 0 aliphatic rings. The van der Waals surface area contributed by atoms with Crippen LogP contribution in [0.4, 0.5) is 0 Å². The first-order valence-electron chi connectivity index (χ1n) is 9.65. The molecule has 2 aromatic carbocycles. The van der Waals surface area contributed by atoms with Gasteiger partial charge in [-0.05, 0) is 42.8 Å². The standard InChI is InChI=1S/C22H25N3O3/c1-2-3-4-7-14-23-21(26)15-28-22(27)17-10-12-18(13-11-17)25-16-24-19-8-5-6-9-20(19)25/h5-6,8-13,16H,2-4,7,14-15H2,1H3,(H,23,26). The third-order valence-electron chi connectivity index (χ3n) is 4.52. The van der Waals surface area contributed by atoms with Crippen molar-refractivity contribution in [3.63, 3.8) is 0 Å². The van der Waals surface area contributed by atoms with Gasteiger partial charge in [0.15, 0.2) is 6.61 Å². The molecule has 0 radical (unpaired) electrons. The highest BCUT2D eigenvalue weighted by molar-refractivity contribution is 5.91. The summed E-state index contributed by atoms with van der Waals surface area (Å²) in [6, 6.07) is 14.9. The number of carbonyl (C=O) groups is 2. The zero-order valence-electron chi connectivity index (χ0n) is 16.1. The number of nitrogens with zero attached hydrogens (tertiary/aromatic N) is 2. The Bertz CT molecular complexity index is 932. The second-order valence-corrected chi connectivity index (χ2v) is 6.64. The molecule has 3 rings (SSSR count). The second kappa shape index (κ2) is 9.69. The Morgan fingerprint density at radius 3 is 2.61 bits per heavy atom. The summed E-state index contributed by atoms with van der Waals surface area (Å²) < 4.78 is 7.05. The molecule has 1 N–H and O–H groups in total. The Kier molecular flexibility index (Phi) is 6.78. The number of rotatable bonds is 9. The third kappa shape index (κ3) is 4.97. The highest BCUT2D eigenvalue weighted by atomic mass is 16.5. The number of nitrogens with one attached hydrogen (secondary N) is 1. The van der Waals surface area contributed by atoms with E-state index in [1.54, 1.807) is 18.5 Å². The number of esters is 1. The van der Waals surface area contributed by atoms with Crippen LogP contribution in [0, 0.1) is 0 Å². The van der Waals surface area contributed by atoms with E-state index in [0.717, 1.165) is 42.4 Å². The summed E-state index contributed by atoms with van der Waals surface area (Å²) in [7, 11) is 0. The van der Waals surface area contributed by atoms with Gasteiger partial charge >= 0.3 is 5.97 Å². The van der Waals surface area contributed by atoms with Gasteiger partial charge in [0, 0.05) is 12.2 Å². The van der Waals surface area contributed by atoms with Gasteiger partial charge in [0.25, 0.3) is 5.91 Å². The van der Waals surface area contributed by atoms with Gasteiger partial charge in [0.05, 0.1) is 16.6 Å². The number of unbranched alkanes of at least 4 members (excludes halogenated alkanes) is 3. The van der Waals surface area contributed by atoms with E-state index in [0.29, 0.717) is 12.1 Å². The van der Waals surface area contributed by atoms with Crippen molar-refractivity contribution < 1.29 is 14.3 Å². The lowest BCUT2D eigenvalue weighted by molar-refractivity contribution is -0.124. The molecule has 0 spiro atoms. The molecule has 0 saturated carbocycles. The molecular formula is C22H25N3O3. The number of carbonyl (C=O) groups excluding carboxylic acids is 2. The second-order valence-electron chi connectivity index (χ2n) is 6.64. The molecule has 0 aliphatic heterocycles. The molecular weight excluding hydrogens is 354 g/mol. The number of imidazole rings is 1. The molecule has 6 nitrogen and oxygen atoms in total. The van der Waals surface area contributed by atoms with Crippen LogP contribution < -0.4 is 5.32 Å². The van der Waals surface area contributed by atoms with Crippen molar-refractivity contribution in [3.8, 4) is 5.69 Å². The molecule has 0 atom stereocenters. The van der Waals surface area contributed by atoms with Gasteiger partial charge in [-0.15, -0.1) is 0 Å².